The third kappa shape index (κ3) is 3.81. The van der Waals surface area contributed by atoms with E-state index in [9.17, 15) is 8.42 Å². The van der Waals surface area contributed by atoms with Crippen LogP contribution in [0.4, 0.5) is 0 Å². The number of hydrogen-bond donors (Lipinski definition) is 1. The monoisotopic (exact) mass is 411 g/mol. The van der Waals surface area contributed by atoms with Crippen molar-refractivity contribution >= 4 is 21.8 Å². The lowest BCUT2D eigenvalue weighted by Gasteiger charge is -2.31. The van der Waals surface area contributed by atoms with Gasteiger partial charge >= 0.3 is 0 Å². The van der Waals surface area contributed by atoms with Gasteiger partial charge in [0, 0.05) is 16.0 Å². The molecule has 0 aromatic heterocycles. The van der Waals surface area contributed by atoms with Crippen molar-refractivity contribution in [1.82, 2.24) is 0 Å². The minimum absolute atomic E-state index is 0.194. The first-order valence-corrected chi connectivity index (χ1v) is 11.8. The predicted molar refractivity (Wildman–Crippen MR) is 114 cm³/mol. The van der Waals surface area contributed by atoms with Crippen molar-refractivity contribution in [2.75, 3.05) is 5.75 Å². The van der Waals surface area contributed by atoms with Crippen LogP contribution < -0.4 is 9.88 Å². The summed E-state index contributed by atoms with van der Waals surface area (Å²) in [7, 11) is -3.61. The van der Waals surface area contributed by atoms with Crippen molar-refractivity contribution in [3.63, 3.8) is 0 Å². The molecule has 1 unspecified atom stereocenters. The molecule has 0 bridgehead atoms. The van der Waals surface area contributed by atoms with Crippen LogP contribution in [0.1, 0.15) is 29.7 Å². The predicted octanol–water partition coefficient (Wildman–Crippen LogP) is 4.74. The number of hydrogen-bond acceptors (Lipinski definition) is 4. The van der Waals surface area contributed by atoms with Crippen LogP contribution in [0, 0.1) is 0 Å². The van der Waals surface area contributed by atoms with E-state index in [2.05, 4.69) is 13.0 Å². The first kappa shape index (κ1) is 19.1. The Labute approximate surface area is 169 Å². The summed E-state index contributed by atoms with van der Waals surface area (Å²) >= 11 is 1.77. The van der Waals surface area contributed by atoms with E-state index in [-0.39, 0.29) is 11.9 Å². The van der Waals surface area contributed by atoms with Gasteiger partial charge in [-0.25, -0.2) is 13.6 Å². The fourth-order valence-electron chi connectivity index (χ4n) is 3.60. The number of thioether (sulfide) groups is 1. The second kappa shape index (κ2) is 7.62. The maximum atomic E-state index is 11.6. The maximum absolute atomic E-state index is 11.6. The van der Waals surface area contributed by atoms with Crippen LogP contribution >= 0.6 is 11.8 Å². The quantitative estimate of drug-likeness (QED) is 0.616. The second-order valence-electron chi connectivity index (χ2n) is 6.70. The summed E-state index contributed by atoms with van der Waals surface area (Å²) in [6.07, 6.45) is -0.300. The fraction of sp³-hybridized carbons (Fsp3) is 0.182. The number of fused-ring (bicyclic) bond motifs is 3. The fourth-order valence-corrected chi connectivity index (χ4v) is 5.08. The van der Waals surface area contributed by atoms with Crippen LogP contribution in [0.25, 0.3) is 11.1 Å². The number of primary sulfonamides is 1. The van der Waals surface area contributed by atoms with Gasteiger partial charge in [0.2, 0.25) is 10.0 Å². The topological polar surface area (TPSA) is 69.4 Å². The van der Waals surface area contributed by atoms with Crippen molar-refractivity contribution in [2.24, 2.45) is 5.14 Å². The molecule has 0 amide bonds. The van der Waals surface area contributed by atoms with E-state index in [0.29, 0.717) is 5.56 Å². The Morgan fingerprint density at radius 1 is 1.04 bits per heavy atom. The molecule has 1 aliphatic rings. The average Bonchev–Trinajstić information content (AvgIpc) is 2.67. The molecule has 1 heterocycles. The van der Waals surface area contributed by atoms with Crippen LogP contribution in [0.15, 0.2) is 71.6 Å². The number of rotatable bonds is 5. The molecule has 0 spiro atoms. The summed E-state index contributed by atoms with van der Waals surface area (Å²) in [5.41, 5.74) is 4.79. The molecular weight excluding hydrogens is 390 g/mol. The first-order chi connectivity index (χ1) is 13.5. The van der Waals surface area contributed by atoms with E-state index < -0.39 is 10.0 Å². The molecule has 0 fully saturated rings. The van der Waals surface area contributed by atoms with Gasteiger partial charge in [-0.1, -0.05) is 61.5 Å². The van der Waals surface area contributed by atoms with Crippen LogP contribution in [0.2, 0.25) is 0 Å². The van der Waals surface area contributed by atoms with Crippen molar-refractivity contribution in [3.05, 3.63) is 83.4 Å². The van der Waals surface area contributed by atoms with Crippen molar-refractivity contribution in [3.8, 4) is 16.9 Å². The number of sulfonamides is 1. The van der Waals surface area contributed by atoms with Gasteiger partial charge < -0.3 is 4.74 Å². The molecular formula is C22H21NO3S2. The highest BCUT2D eigenvalue weighted by atomic mass is 32.2. The molecule has 6 heteroatoms. The van der Waals surface area contributed by atoms with E-state index in [1.165, 1.54) is 0 Å². The third-order valence-electron chi connectivity index (χ3n) is 4.67. The number of nitrogens with two attached hydrogens (primary N) is 1. The van der Waals surface area contributed by atoms with Crippen LogP contribution in [-0.2, 0) is 15.8 Å². The molecule has 3 aromatic rings. The van der Waals surface area contributed by atoms with E-state index in [1.54, 1.807) is 11.8 Å². The Hall–Kier alpha value is -2.28. The molecule has 3 aromatic carbocycles. The van der Waals surface area contributed by atoms with Gasteiger partial charge in [-0.15, -0.1) is 11.8 Å². The molecule has 1 atom stereocenters. The maximum Gasteiger partial charge on any atom is 0.213 e. The molecule has 0 saturated heterocycles. The molecule has 0 saturated carbocycles. The molecule has 28 heavy (non-hydrogen) atoms. The summed E-state index contributed by atoms with van der Waals surface area (Å²) in [6.45, 7) is 2.12. The van der Waals surface area contributed by atoms with Crippen LogP contribution in [0.3, 0.4) is 0 Å². The molecule has 2 N–H and O–H groups in total. The standard InChI is InChI=1S/C22H21NO3S2/c1-2-27-20-10-6-9-19-21(20)17-12-11-15(14-28(23,24)25)13-18(17)22(26-19)16-7-4-3-5-8-16/h3-13,22H,2,14H2,1H3,(H2,23,24,25). The highest BCUT2D eigenvalue weighted by Gasteiger charge is 2.29. The Balaban J connectivity index is 1.91. The lowest BCUT2D eigenvalue weighted by Crippen LogP contribution is -2.18. The van der Waals surface area contributed by atoms with Gasteiger partial charge in [-0.3, -0.25) is 0 Å². The largest absolute Gasteiger partial charge is 0.480 e. The van der Waals surface area contributed by atoms with E-state index in [1.807, 2.05) is 60.7 Å². The van der Waals surface area contributed by atoms with E-state index >= 15 is 0 Å². The zero-order valence-electron chi connectivity index (χ0n) is 15.5. The van der Waals surface area contributed by atoms with Crippen LogP contribution in [-0.4, -0.2) is 14.2 Å². The minimum atomic E-state index is -3.61. The highest BCUT2D eigenvalue weighted by molar-refractivity contribution is 7.99. The summed E-state index contributed by atoms with van der Waals surface area (Å²) in [6, 6.07) is 21.8. The summed E-state index contributed by atoms with van der Waals surface area (Å²) < 4.78 is 29.6. The Morgan fingerprint density at radius 2 is 1.82 bits per heavy atom. The SMILES string of the molecule is CCSc1cccc2c1-c1ccc(CS(N)(=O)=O)cc1C(c1ccccc1)O2. The Morgan fingerprint density at radius 3 is 2.54 bits per heavy atom. The van der Waals surface area contributed by atoms with Gasteiger partial charge in [0.05, 0.1) is 5.75 Å². The highest BCUT2D eigenvalue weighted by Crippen LogP contribution is 2.48. The molecule has 1 aliphatic heterocycles. The van der Waals surface area contributed by atoms with Gasteiger partial charge in [0.15, 0.2) is 0 Å². The second-order valence-corrected chi connectivity index (χ2v) is 9.62. The smallest absolute Gasteiger partial charge is 0.213 e. The van der Waals surface area contributed by atoms with Gasteiger partial charge in [-0.05, 0) is 34.6 Å². The average molecular weight is 412 g/mol. The van der Waals surface area contributed by atoms with E-state index in [4.69, 9.17) is 9.88 Å². The van der Waals surface area contributed by atoms with Gasteiger partial charge in [0.1, 0.15) is 11.9 Å². The third-order valence-corrected chi connectivity index (χ3v) is 6.35. The molecule has 4 nitrogen and oxygen atoms in total. The Bertz CT molecular complexity index is 1110. The van der Waals surface area contributed by atoms with Crippen LogP contribution in [0.5, 0.6) is 5.75 Å². The lowest BCUT2D eigenvalue weighted by atomic mass is 9.88. The summed E-state index contributed by atoms with van der Waals surface area (Å²) in [5.74, 6) is 1.61. The van der Waals surface area contributed by atoms with Crippen molar-refractivity contribution < 1.29 is 13.2 Å². The molecule has 144 valence electrons. The molecule has 4 rings (SSSR count). The first-order valence-electron chi connectivity index (χ1n) is 9.07. The normalized spacial score (nSPS) is 15.4. The Kier molecular flexibility index (Phi) is 5.19. The van der Waals surface area contributed by atoms with Gasteiger partial charge in [-0.2, -0.15) is 0 Å². The zero-order valence-corrected chi connectivity index (χ0v) is 17.1. The number of benzene rings is 3. The van der Waals surface area contributed by atoms with Crippen molar-refractivity contribution in [1.29, 1.82) is 0 Å². The summed E-state index contributed by atoms with van der Waals surface area (Å²) in [4.78, 5) is 1.16. The van der Waals surface area contributed by atoms with Gasteiger partial charge in [0.25, 0.3) is 0 Å². The molecule has 0 radical (unpaired) electrons. The molecule has 0 aliphatic carbocycles. The lowest BCUT2D eigenvalue weighted by molar-refractivity contribution is 0.243. The summed E-state index contributed by atoms with van der Waals surface area (Å²) in [5, 5.41) is 5.27. The zero-order chi connectivity index (χ0) is 19.7. The van der Waals surface area contributed by atoms with E-state index in [0.717, 1.165) is 38.7 Å². The minimum Gasteiger partial charge on any atom is -0.480 e. The number of ether oxygens (including phenoxy) is 1. The van der Waals surface area contributed by atoms with Crippen molar-refractivity contribution in [2.45, 2.75) is 23.7 Å².